The fraction of sp³-hybridized carbons (Fsp3) is 0.545. The van der Waals surface area contributed by atoms with Crippen LogP contribution in [0.3, 0.4) is 0 Å². The van der Waals surface area contributed by atoms with Crippen molar-refractivity contribution in [2.75, 3.05) is 6.54 Å². The van der Waals surface area contributed by atoms with Gasteiger partial charge in [0.2, 0.25) is 0 Å². The minimum atomic E-state index is 0.733. The first-order valence-electron chi connectivity index (χ1n) is 5.89. The Bertz CT molecular complexity index is 484. The molecule has 6 heteroatoms. The molecule has 6 nitrogen and oxygen atoms in total. The van der Waals surface area contributed by atoms with Crippen LogP contribution in [-0.2, 0) is 20.1 Å². The van der Waals surface area contributed by atoms with Crippen molar-refractivity contribution in [2.45, 2.75) is 26.9 Å². The summed E-state index contributed by atoms with van der Waals surface area (Å²) in [5.41, 5.74) is 3.07. The van der Waals surface area contributed by atoms with Crippen LogP contribution in [0.15, 0.2) is 12.3 Å². The van der Waals surface area contributed by atoms with Gasteiger partial charge in [-0.3, -0.25) is 4.68 Å². The molecule has 0 aliphatic rings. The van der Waals surface area contributed by atoms with Gasteiger partial charge >= 0.3 is 0 Å². The molecule has 2 rings (SSSR count). The molecule has 1 N–H and O–H groups in total. The molecule has 0 fully saturated rings. The maximum absolute atomic E-state index is 4.23. The Morgan fingerprint density at radius 3 is 2.76 bits per heavy atom. The second kappa shape index (κ2) is 5.09. The van der Waals surface area contributed by atoms with Crippen LogP contribution in [0, 0.1) is 0 Å². The highest BCUT2D eigenvalue weighted by atomic mass is 15.4. The molecular weight excluding hydrogens is 216 g/mol. The molecule has 0 saturated heterocycles. The van der Waals surface area contributed by atoms with Crippen molar-refractivity contribution in [1.29, 1.82) is 0 Å². The molecule has 0 unspecified atom stereocenters. The topological polar surface area (TPSA) is 60.6 Å². The van der Waals surface area contributed by atoms with Crippen LogP contribution in [0.4, 0.5) is 0 Å². The zero-order chi connectivity index (χ0) is 12.3. The van der Waals surface area contributed by atoms with Crippen LogP contribution in [0.25, 0.3) is 11.4 Å². The Morgan fingerprint density at radius 1 is 1.35 bits per heavy atom. The van der Waals surface area contributed by atoms with Gasteiger partial charge in [0, 0.05) is 26.3 Å². The van der Waals surface area contributed by atoms with Gasteiger partial charge in [-0.1, -0.05) is 12.1 Å². The largest absolute Gasteiger partial charge is 0.311 e. The van der Waals surface area contributed by atoms with Crippen LogP contribution in [0.1, 0.15) is 19.5 Å². The van der Waals surface area contributed by atoms with E-state index < -0.39 is 0 Å². The minimum Gasteiger partial charge on any atom is -0.311 e. The van der Waals surface area contributed by atoms with E-state index in [1.165, 1.54) is 0 Å². The van der Waals surface area contributed by atoms with E-state index in [4.69, 9.17) is 0 Å². The van der Waals surface area contributed by atoms with Gasteiger partial charge in [-0.05, 0) is 19.5 Å². The Hall–Kier alpha value is -1.69. The first kappa shape index (κ1) is 11.8. The molecule has 17 heavy (non-hydrogen) atoms. The van der Waals surface area contributed by atoms with Crippen molar-refractivity contribution < 1.29 is 0 Å². The summed E-state index contributed by atoms with van der Waals surface area (Å²) >= 11 is 0. The molecule has 0 atom stereocenters. The highest BCUT2D eigenvalue weighted by Crippen LogP contribution is 2.21. The lowest BCUT2D eigenvalue weighted by atomic mass is 10.2. The molecule has 0 saturated carbocycles. The van der Waals surface area contributed by atoms with Crippen molar-refractivity contribution in [2.24, 2.45) is 7.05 Å². The monoisotopic (exact) mass is 234 g/mol. The highest BCUT2D eigenvalue weighted by Gasteiger charge is 2.16. The number of hydrogen-bond acceptors (Lipinski definition) is 4. The van der Waals surface area contributed by atoms with Crippen LogP contribution in [-0.4, -0.2) is 31.3 Å². The quantitative estimate of drug-likeness (QED) is 0.831. The molecule has 2 aromatic rings. The Morgan fingerprint density at radius 2 is 2.18 bits per heavy atom. The fourth-order valence-corrected chi connectivity index (χ4v) is 1.82. The zero-order valence-electron chi connectivity index (χ0n) is 10.5. The van der Waals surface area contributed by atoms with Crippen LogP contribution < -0.4 is 5.32 Å². The molecule has 0 bridgehead atoms. The lowest BCUT2D eigenvalue weighted by molar-refractivity contribution is 0.626. The first-order chi connectivity index (χ1) is 8.27. The van der Waals surface area contributed by atoms with Gasteiger partial charge in [0.15, 0.2) is 0 Å². The maximum atomic E-state index is 4.23. The third kappa shape index (κ3) is 2.21. The summed E-state index contributed by atoms with van der Waals surface area (Å²) in [4.78, 5) is 0. The van der Waals surface area contributed by atoms with E-state index in [2.05, 4.69) is 34.6 Å². The summed E-state index contributed by atoms with van der Waals surface area (Å²) in [5, 5.41) is 15.9. The number of nitrogens with zero attached hydrogens (tertiary/aromatic N) is 5. The average molecular weight is 234 g/mol. The Kier molecular flexibility index (Phi) is 3.53. The molecule has 0 aliphatic carbocycles. The zero-order valence-corrected chi connectivity index (χ0v) is 10.5. The summed E-state index contributed by atoms with van der Waals surface area (Å²) in [7, 11) is 1.93. The standard InChI is InChI=1S/C11H18N6/c1-4-12-8-9-11(17(5-2)15-14-9)10-6-7-13-16(10)3/h6-7,12H,4-5,8H2,1-3H3. The highest BCUT2D eigenvalue weighted by molar-refractivity contribution is 5.57. The first-order valence-corrected chi connectivity index (χ1v) is 5.89. The Balaban J connectivity index is 2.42. The summed E-state index contributed by atoms with van der Waals surface area (Å²) < 4.78 is 3.75. The minimum absolute atomic E-state index is 0.733. The van der Waals surface area contributed by atoms with E-state index in [-0.39, 0.29) is 0 Å². The average Bonchev–Trinajstić information content (AvgIpc) is 2.91. The van der Waals surface area contributed by atoms with Crippen LogP contribution in [0.2, 0.25) is 0 Å². The Labute approximate surface area is 101 Å². The molecule has 2 aromatic heterocycles. The second-order valence-electron chi connectivity index (χ2n) is 3.82. The van der Waals surface area contributed by atoms with Gasteiger partial charge in [0.25, 0.3) is 0 Å². The molecular formula is C11H18N6. The van der Waals surface area contributed by atoms with E-state index in [0.717, 1.165) is 36.7 Å². The molecule has 0 spiro atoms. The van der Waals surface area contributed by atoms with Crippen molar-refractivity contribution in [1.82, 2.24) is 30.1 Å². The molecule has 0 aromatic carbocycles. The van der Waals surface area contributed by atoms with Crippen LogP contribution >= 0.6 is 0 Å². The normalized spacial score (nSPS) is 11.0. The number of hydrogen-bond donors (Lipinski definition) is 1. The van der Waals surface area contributed by atoms with E-state index in [9.17, 15) is 0 Å². The summed E-state index contributed by atoms with van der Waals surface area (Å²) in [5.74, 6) is 0. The number of aromatic nitrogens is 5. The van der Waals surface area contributed by atoms with Gasteiger partial charge in [-0.15, -0.1) is 5.10 Å². The van der Waals surface area contributed by atoms with Gasteiger partial charge in [-0.25, -0.2) is 4.68 Å². The van der Waals surface area contributed by atoms with Crippen molar-refractivity contribution in [3.05, 3.63) is 18.0 Å². The van der Waals surface area contributed by atoms with E-state index >= 15 is 0 Å². The van der Waals surface area contributed by atoms with Crippen LogP contribution in [0.5, 0.6) is 0 Å². The maximum Gasteiger partial charge on any atom is 0.111 e. The number of nitrogens with one attached hydrogen (secondary N) is 1. The molecule has 0 amide bonds. The number of aryl methyl sites for hydroxylation is 2. The van der Waals surface area contributed by atoms with Crippen molar-refractivity contribution in [3.63, 3.8) is 0 Å². The van der Waals surface area contributed by atoms with E-state index in [1.54, 1.807) is 6.20 Å². The van der Waals surface area contributed by atoms with Crippen molar-refractivity contribution >= 4 is 0 Å². The molecule has 0 radical (unpaired) electrons. The smallest absolute Gasteiger partial charge is 0.111 e. The van der Waals surface area contributed by atoms with Gasteiger partial charge < -0.3 is 5.32 Å². The third-order valence-electron chi connectivity index (χ3n) is 2.71. The summed E-state index contributed by atoms with van der Waals surface area (Å²) in [6.07, 6.45) is 1.79. The SMILES string of the molecule is CCNCc1nnn(CC)c1-c1ccnn1C. The molecule has 92 valence electrons. The predicted molar refractivity (Wildman–Crippen MR) is 65.3 cm³/mol. The van der Waals surface area contributed by atoms with E-state index in [1.807, 2.05) is 22.5 Å². The fourth-order valence-electron chi connectivity index (χ4n) is 1.82. The number of rotatable bonds is 5. The second-order valence-corrected chi connectivity index (χ2v) is 3.82. The lowest BCUT2D eigenvalue weighted by Gasteiger charge is -2.06. The molecule has 2 heterocycles. The van der Waals surface area contributed by atoms with E-state index in [0.29, 0.717) is 0 Å². The molecule has 0 aliphatic heterocycles. The van der Waals surface area contributed by atoms with Crippen molar-refractivity contribution in [3.8, 4) is 11.4 Å². The lowest BCUT2D eigenvalue weighted by Crippen LogP contribution is -2.13. The predicted octanol–water partition coefficient (Wildman–Crippen LogP) is 0.808. The van der Waals surface area contributed by atoms with Gasteiger partial charge in [0.1, 0.15) is 11.4 Å². The van der Waals surface area contributed by atoms with Gasteiger partial charge in [0.05, 0.1) is 5.69 Å². The third-order valence-corrected chi connectivity index (χ3v) is 2.71. The summed E-state index contributed by atoms with van der Waals surface area (Å²) in [6, 6.07) is 1.99. The van der Waals surface area contributed by atoms with Gasteiger partial charge in [-0.2, -0.15) is 5.10 Å². The summed E-state index contributed by atoms with van der Waals surface area (Å²) in [6.45, 7) is 6.60.